The average molecular weight is 301 g/mol. The van der Waals surface area contributed by atoms with Crippen molar-refractivity contribution in [1.29, 1.82) is 0 Å². The van der Waals surface area contributed by atoms with Gasteiger partial charge in [-0.05, 0) is 48.7 Å². The van der Waals surface area contributed by atoms with Crippen molar-refractivity contribution in [3.63, 3.8) is 0 Å². The summed E-state index contributed by atoms with van der Waals surface area (Å²) in [5.41, 5.74) is 1.81. The van der Waals surface area contributed by atoms with Crippen LogP contribution in [0.3, 0.4) is 0 Å². The van der Waals surface area contributed by atoms with Crippen LogP contribution in [0.25, 0.3) is 0 Å². The van der Waals surface area contributed by atoms with E-state index in [0.717, 1.165) is 16.9 Å². The second-order valence-electron chi connectivity index (χ2n) is 5.20. The largest absolute Gasteiger partial charge is 0.497 e. The Bertz CT molecular complexity index is 642. The molecular weight excluding hydrogens is 281 g/mol. The van der Waals surface area contributed by atoms with Gasteiger partial charge in [-0.25, -0.2) is 4.39 Å². The summed E-state index contributed by atoms with van der Waals surface area (Å²) in [7, 11) is 1.62. The second-order valence-corrected chi connectivity index (χ2v) is 5.20. The van der Waals surface area contributed by atoms with Gasteiger partial charge < -0.3 is 10.1 Å². The standard InChI is InChI=1S/C18H20FNO2/c1-13(15-6-4-7-16(19)12-15)20-18(21)10-9-14-5-3-8-17(11-14)22-2/h3-8,11-13H,9-10H2,1-2H3,(H,20,21). The smallest absolute Gasteiger partial charge is 0.220 e. The predicted octanol–water partition coefficient (Wildman–Crippen LogP) is 3.64. The van der Waals surface area contributed by atoms with E-state index in [1.807, 2.05) is 31.2 Å². The highest BCUT2D eigenvalue weighted by Crippen LogP contribution is 2.15. The number of hydrogen-bond acceptors (Lipinski definition) is 2. The van der Waals surface area contributed by atoms with E-state index >= 15 is 0 Å². The molecule has 2 aromatic rings. The number of benzene rings is 2. The summed E-state index contributed by atoms with van der Waals surface area (Å²) in [6, 6.07) is 13.7. The lowest BCUT2D eigenvalue weighted by molar-refractivity contribution is -0.121. The summed E-state index contributed by atoms with van der Waals surface area (Å²) in [4.78, 5) is 12.0. The Balaban J connectivity index is 1.87. The van der Waals surface area contributed by atoms with E-state index in [9.17, 15) is 9.18 Å². The van der Waals surface area contributed by atoms with Crippen LogP contribution in [0.15, 0.2) is 48.5 Å². The van der Waals surface area contributed by atoms with Crippen molar-refractivity contribution in [2.45, 2.75) is 25.8 Å². The predicted molar refractivity (Wildman–Crippen MR) is 84.3 cm³/mol. The number of carbonyl (C=O) groups excluding carboxylic acids is 1. The van der Waals surface area contributed by atoms with Gasteiger partial charge in [0.1, 0.15) is 11.6 Å². The van der Waals surface area contributed by atoms with Gasteiger partial charge in [0.05, 0.1) is 13.2 Å². The Morgan fingerprint density at radius 1 is 1.23 bits per heavy atom. The number of ether oxygens (including phenoxy) is 1. The quantitative estimate of drug-likeness (QED) is 0.884. The molecule has 0 spiro atoms. The summed E-state index contributed by atoms with van der Waals surface area (Å²) >= 11 is 0. The topological polar surface area (TPSA) is 38.3 Å². The first kappa shape index (κ1) is 16.0. The minimum Gasteiger partial charge on any atom is -0.497 e. The molecule has 1 amide bonds. The molecule has 22 heavy (non-hydrogen) atoms. The van der Waals surface area contributed by atoms with E-state index in [0.29, 0.717) is 12.8 Å². The zero-order valence-electron chi connectivity index (χ0n) is 12.8. The molecule has 0 aliphatic rings. The molecule has 1 atom stereocenters. The van der Waals surface area contributed by atoms with Crippen molar-refractivity contribution in [2.24, 2.45) is 0 Å². The second kappa shape index (κ2) is 7.59. The first-order valence-electron chi connectivity index (χ1n) is 7.26. The summed E-state index contributed by atoms with van der Waals surface area (Å²) in [6.45, 7) is 1.85. The zero-order chi connectivity index (χ0) is 15.9. The molecule has 0 heterocycles. The molecule has 2 rings (SSSR count). The Kier molecular flexibility index (Phi) is 5.53. The monoisotopic (exact) mass is 301 g/mol. The molecule has 0 saturated carbocycles. The number of methoxy groups -OCH3 is 1. The van der Waals surface area contributed by atoms with Gasteiger partial charge in [0.25, 0.3) is 0 Å². The molecule has 116 valence electrons. The van der Waals surface area contributed by atoms with Crippen LogP contribution in [0, 0.1) is 5.82 Å². The zero-order valence-corrected chi connectivity index (χ0v) is 12.8. The molecule has 0 fully saturated rings. The molecule has 4 heteroatoms. The number of carbonyl (C=O) groups is 1. The maximum atomic E-state index is 13.2. The van der Waals surface area contributed by atoms with Gasteiger partial charge >= 0.3 is 0 Å². The van der Waals surface area contributed by atoms with Gasteiger partial charge in [0.2, 0.25) is 5.91 Å². The third-order valence-corrected chi connectivity index (χ3v) is 3.50. The average Bonchev–Trinajstić information content (AvgIpc) is 2.53. The maximum absolute atomic E-state index is 13.2. The van der Waals surface area contributed by atoms with Crippen molar-refractivity contribution in [3.8, 4) is 5.75 Å². The van der Waals surface area contributed by atoms with Crippen LogP contribution < -0.4 is 10.1 Å². The van der Waals surface area contributed by atoms with Crippen LogP contribution in [0.4, 0.5) is 4.39 Å². The molecule has 1 unspecified atom stereocenters. The molecular formula is C18H20FNO2. The normalized spacial score (nSPS) is 11.8. The molecule has 0 radical (unpaired) electrons. The molecule has 0 aliphatic heterocycles. The molecule has 0 aliphatic carbocycles. The van der Waals surface area contributed by atoms with Gasteiger partial charge in [-0.15, -0.1) is 0 Å². The summed E-state index contributed by atoms with van der Waals surface area (Å²) in [5, 5.41) is 2.89. The van der Waals surface area contributed by atoms with Crippen molar-refractivity contribution < 1.29 is 13.9 Å². The number of aryl methyl sites for hydroxylation is 1. The summed E-state index contributed by atoms with van der Waals surface area (Å²) in [5.74, 6) is 0.431. The van der Waals surface area contributed by atoms with E-state index in [2.05, 4.69) is 5.32 Å². The Hall–Kier alpha value is -2.36. The Morgan fingerprint density at radius 2 is 2.00 bits per heavy atom. The van der Waals surface area contributed by atoms with Crippen molar-refractivity contribution in [3.05, 3.63) is 65.5 Å². The van der Waals surface area contributed by atoms with E-state index in [-0.39, 0.29) is 17.8 Å². The molecule has 3 nitrogen and oxygen atoms in total. The number of halogens is 1. The highest BCUT2D eigenvalue weighted by molar-refractivity contribution is 5.76. The highest BCUT2D eigenvalue weighted by Gasteiger charge is 2.10. The molecule has 2 aromatic carbocycles. The summed E-state index contributed by atoms with van der Waals surface area (Å²) in [6.07, 6.45) is 1.02. The van der Waals surface area contributed by atoms with Gasteiger partial charge in [-0.3, -0.25) is 4.79 Å². The first-order chi connectivity index (χ1) is 10.6. The summed E-state index contributed by atoms with van der Waals surface area (Å²) < 4.78 is 18.3. The highest BCUT2D eigenvalue weighted by atomic mass is 19.1. The lowest BCUT2D eigenvalue weighted by atomic mass is 10.1. The fraction of sp³-hybridized carbons (Fsp3) is 0.278. The molecule has 0 bridgehead atoms. The fourth-order valence-corrected chi connectivity index (χ4v) is 2.26. The Morgan fingerprint density at radius 3 is 2.73 bits per heavy atom. The van der Waals surface area contributed by atoms with Crippen LogP contribution in [-0.2, 0) is 11.2 Å². The van der Waals surface area contributed by atoms with Gasteiger partial charge in [0, 0.05) is 6.42 Å². The van der Waals surface area contributed by atoms with Gasteiger partial charge in [0.15, 0.2) is 0 Å². The molecule has 0 aromatic heterocycles. The maximum Gasteiger partial charge on any atom is 0.220 e. The third-order valence-electron chi connectivity index (χ3n) is 3.50. The van der Waals surface area contributed by atoms with E-state index < -0.39 is 0 Å². The fourth-order valence-electron chi connectivity index (χ4n) is 2.26. The minimum absolute atomic E-state index is 0.0559. The van der Waals surface area contributed by atoms with Gasteiger partial charge in [-0.2, -0.15) is 0 Å². The van der Waals surface area contributed by atoms with E-state index in [1.54, 1.807) is 19.2 Å². The number of amides is 1. The SMILES string of the molecule is COc1cccc(CCC(=O)NC(C)c2cccc(F)c2)c1. The minimum atomic E-state index is -0.296. The van der Waals surface area contributed by atoms with Gasteiger partial charge in [-0.1, -0.05) is 24.3 Å². The van der Waals surface area contributed by atoms with Crippen molar-refractivity contribution in [1.82, 2.24) is 5.32 Å². The van der Waals surface area contributed by atoms with Crippen molar-refractivity contribution >= 4 is 5.91 Å². The molecule has 1 N–H and O–H groups in total. The Labute approximate surface area is 130 Å². The first-order valence-corrected chi connectivity index (χ1v) is 7.26. The van der Waals surface area contributed by atoms with Crippen LogP contribution in [0.5, 0.6) is 5.75 Å². The number of nitrogens with one attached hydrogen (secondary N) is 1. The van der Waals surface area contributed by atoms with Crippen LogP contribution in [0.1, 0.15) is 30.5 Å². The van der Waals surface area contributed by atoms with Crippen LogP contribution >= 0.6 is 0 Å². The van der Waals surface area contributed by atoms with Crippen molar-refractivity contribution in [2.75, 3.05) is 7.11 Å². The van der Waals surface area contributed by atoms with E-state index in [1.165, 1.54) is 12.1 Å². The van der Waals surface area contributed by atoms with Crippen LogP contribution in [0.2, 0.25) is 0 Å². The van der Waals surface area contributed by atoms with E-state index in [4.69, 9.17) is 4.74 Å². The molecule has 0 saturated heterocycles. The lowest BCUT2D eigenvalue weighted by Crippen LogP contribution is -2.26. The number of rotatable bonds is 6. The van der Waals surface area contributed by atoms with Crippen LogP contribution in [-0.4, -0.2) is 13.0 Å². The lowest BCUT2D eigenvalue weighted by Gasteiger charge is -2.14. The number of hydrogen-bond donors (Lipinski definition) is 1. The third kappa shape index (κ3) is 4.58.